The van der Waals surface area contributed by atoms with E-state index in [0.717, 1.165) is 11.9 Å². The van der Waals surface area contributed by atoms with Crippen LogP contribution in [0.5, 0.6) is 0 Å². The lowest BCUT2D eigenvalue weighted by molar-refractivity contribution is 0.610. The zero-order valence-corrected chi connectivity index (χ0v) is 18.9. The van der Waals surface area contributed by atoms with Crippen molar-refractivity contribution in [3.63, 3.8) is 0 Å². The smallest absolute Gasteiger partial charge is 0.191 e. The summed E-state index contributed by atoms with van der Waals surface area (Å²) in [7, 11) is 0. The van der Waals surface area contributed by atoms with Crippen LogP contribution in [0.4, 0.5) is 4.39 Å². The highest BCUT2D eigenvalue weighted by molar-refractivity contribution is 14.0. The van der Waals surface area contributed by atoms with Crippen LogP contribution in [0, 0.1) is 24.1 Å². The van der Waals surface area contributed by atoms with Gasteiger partial charge in [-0.25, -0.2) is 9.38 Å². The highest BCUT2D eigenvalue weighted by Gasteiger charge is 2.08. The maximum absolute atomic E-state index is 13.9. The predicted octanol–water partition coefficient (Wildman–Crippen LogP) is 4.40. The van der Waals surface area contributed by atoms with E-state index in [1.807, 2.05) is 25.1 Å². The summed E-state index contributed by atoms with van der Waals surface area (Å²) in [4.78, 5) is 7.87. The fraction of sp³-hybridized carbons (Fsp3) is 0.273. The Morgan fingerprint density at radius 3 is 2.76 bits per heavy atom. The average Bonchev–Trinajstić information content (AvgIpc) is 3.02. The standard InChI is InChI=1S/C22H24FN5.HI/c1-3-25-22(27-14-17-12-16(13-24)8-9-20(17)23)26-11-10-18-15(2)28-21-7-5-4-6-19(18)21;/h4-9,12,28H,3,10-11,14H2,1-2H3,(H2,25,26,27);1H. The van der Waals surface area contributed by atoms with E-state index in [2.05, 4.69) is 39.7 Å². The summed E-state index contributed by atoms with van der Waals surface area (Å²) >= 11 is 0. The molecule has 0 fully saturated rings. The van der Waals surface area contributed by atoms with E-state index < -0.39 is 0 Å². The molecule has 5 nitrogen and oxygen atoms in total. The van der Waals surface area contributed by atoms with Crippen molar-refractivity contribution in [3.8, 4) is 6.07 Å². The number of halogens is 2. The summed E-state index contributed by atoms with van der Waals surface area (Å²) in [5.74, 6) is 0.273. The minimum Gasteiger partial charge on any atom is -0.358 e. The first-order valence-corrected chi connectivity index (χ1v) is 9.39. The number of aryl methyl sites for hydroxylation is 1. The minimum absolute atomic E-state index is 0. The minimum atomic E-state index is -0.354. The van der Waals surface area contributed by atoms with Crippen LogP contribution in [0.1, 0.15) is 29.3 Å². The maximum atomic E-state index is 13.9. The highest BCUT2D eigenvalue weighted by atomic mass is 127. The molecule has 0 atom stereocenters. The number of aromatic nitrogens is 1. The van der Waals surface area contributed by atoms with Gasteiger partial charge in [-0.2, -0.15) is 5.26 Å². The van der Waals surface area contributed by atoms with Crippen molar-refractivity contribution in [2.45, 2.75) is 26.8 Å². The number of nitrogens with zero attached hydrogens (tertiary/aromatic N) is 2. The van der Waals surface area contributed by atoms with Crippen LogP contribution in [0.2, 0.25) is 0 Å². The number of nitriles is 1. The number of para-hydroxylation sites is 1. The summed E-state index contributed by atoms with van der Waals surface area (Å²) < 4.78 is 13.9. The molecule has 0 bridgehead atoms. The fourth-order valence-electron chi connectivity index (χ4n) is 3.23. The second-order valence-corrected chi connectivity index (χ2v) is 6.56. The Hall–Kier alpha value is -2.60. The largest absolute Gasteiger partial charge is 0.358 e. The van der Waals surface area contributed by atoms with Crippen LogP contribution in [0.15, 0.2) is 47.5 Å². The molecule has 0 aliphatic carbocycles. The van der Waals surface area contributed by atoms with Crippen molar-refractivity contribution in [2.24, 2.45) is 4.99 Å². The molecule has 0 aliphatic rings. The molecular formula is C22H25FIN5. The van der Waals surface area contributed by atoms with E-state index in [9.17, 15) is 4.39 Å². The molecule has 7 heteroatoms. The summed E-state index contributed by atoms with van der Waals surface area (Å²) in [5.41, 5.74) is 4.43. The van der Waals surface area contributed by atoms with Crippen LogP contribution >= 0.6 is 24.0 Å². The summed E-state index contributed by atoms with van der Waals surface area (Å²) in [6.45, 7) is 5.65. The van der Waals surface area contributed by atoms with Gasteiger partial charge in [0, 0.05) is 35.2 Å². The Bertz CT molecular complexity index is 1040. The molecule has 0 amide bonds. The SMILES string of the molecule is CCNC(=NCc1cc(C#N)ccc1F)NCCc1c(C)[nH]c2ccccc12.I. The Kier molecular flexibility index (Phi) is 8.46. The molecule has 0 radical (unpaired) electrons. The molecule has 29 heavy (non-hydrogen) atoms. The molecule has 2 aromatic carbocycles. The van der Waals surface area contributed by atoms with E-state index in [-0.39, 0.29) is 36.3 Å². The maximum Gasteiger partial charge on any atom is 0.191 e. The number of aliphatic imine (C=N–C) groups is 1. The number of fused-ring (bicyclic) bond motifs is 1. The van der Waals surface area contributed by atoms with Gasteiger partial charge in [0.05, 0.1) is 18.2 Å². The summed E-state index contributed by atoms with van der Waals surface area (Å²) in [6.07, 6.45) is 0.846. The van der Waals surface area contributed by atoms with Gasteiger partial charge in [0.15, 0.2) is 5.96 Å². The van der Waals surface area contributed by atoms with Crippen molar-refractivity contribution in [1.82, 2.24) is 15.6 Å². The highest BCUT2D eigenvalue weighted by Crippen LogP contribution is 2.21. The summed E-state index contributed by atoms with van der Waals surface area (Å²) in [6, 6.07) is 14.6. The first-order valence-electron chi connectivity index (χ1n) is 9.39. The van der Waals surface area contributed by atoms with E-state index in [1.54, 1.807) is 0 Å². The number of hydrogen-bond acceptors (Lipinski definition) is 2. The van der Waals surface area contributed by atoms with E-state index >= 15 is 0 Å². The molecule has 152 valence electrons. The van der Waals surface area contributed by atoms with Gasteiger partial charge in [0.1, 0.15) is 5.82 Å². The summed E-state index contributed by atoms with van der Waals surface area (Å²) in [5, 5.41) is 16.7. The number of hydrogen-bond donors (Lipinski definition) is 3. The average molecular weight is 505 g/mol. The zero-order chi connectivity index (χ0) is 19.9. The van der Waals surface area contributed by atoms with Gasteiger partial charge in [-0.3, -0.25) is 0 Å². The first kappa shape index (κ1) is 22.7. The Labute approximate surface area is 187 Å². The van der Waals surface area contributed by atoms with Crippen molar-refractivity contribution in [1.29, 1.82) is 5.26 Å². The molecule has 1 heterocycles. The second kappa shape index (κ2) is 10.8. The van der Waals surface area contributed by atoms with E-state index in [0.29, 0.717) is 30.2 Å². The molecule has 0 saturated heterocycles. The quantitative estimate of drug-likeness (QED) is 0.264. The molecule has 0 unspecified atom stereocenters. The molecule has 3 aromatic rings. The Morgan fingerprint density at radius 1 is 1.21 bits per heavy atom. The van der Waals surface area contributed by atoms with Gasteiger partial charge < -0.3 is 15.6 Å². The van der Waals surface area contributed by atoms with Gasteiger partial charge >= 0.3 is 0 Å². The molecule has 0 saturated carbocycles. The van der Waals surface area contributed by atoms with E-state index in [4.69, 9.17) is 5.26 Å². The lowest BCUT2D eigenvalue weighted by atomic mass is 10.1. The van der Waals surface area contributed by atoms with Crippen LogP contribution < -0.4 is 10.6 Å². The molecule has 1 aromatic heterocycles. The van der Waals surface area contributed by atoms with Crippen LogP contribution in [-0.4, -0.2) is 24.0 Å². The number of benzene rings is 2. The van der Waals surface area contributed by atoms with Crippen molar-refractivity contribution >= 4 is 40.8 Å². The van der Waals surface area contributed by atoms with Crippen molar-refractivity contribution < 1.29 is 4.39 Å². The number of aromatic amines is 1. The fourth-order valence-corrected chi connectivity index (χ4v) is 3.23. The molecule has 0 spiro atoms. The van der Waals surface area contributed by atoms with E-state index in [1.165, 1.54) is 34.8 Å². The molecule has 0 aliphatic heterocycles. The third kappa shape index (κ3) is 5.70. The van der Waals surface area contributed by atoms with Gasteiger partial charge in [-0.05, 0) is 50.1 Å². The second-order valence-electron chi connectivity index (χ2n) is 6.56. The van der Waals surface area contributed by atoms with Gasteiger partial charge in [0.2, 0.25) is 0 Å². The molecule has 3 N–H and O–H groups in total. The molecule has 3 rings (SSSR count). The topological polar surface area (TPSA) is 76.0 Å². The number of nitrogens with one attached hydrogen (secondary N) is 3. The van der Waals surface area contributed by atoms with Crippen LogP contribution in [0.3, 0.4) is 0 Å². The number of H-pyrrole nitrogens is 1. The Morgan fingerprint density at radius 2 is 2.00 bits per heavy atom. The van der Waals surface area contributed by atoms with Gasteiger partial charge in [-0.1, -0.05) is 18.2 Å². The lowest BCUT2D eigenvalue weighted by Crippen LogP contribution is -2.38. The van der Waals surface area contributed by atoms with Crippen molar-refractivity contribution in [3.05, 3.63) is 70.7 Å². The van der Waals surface area contributed by atoms with Crippen LogP contribution in [0.25, 0.3) is 10.9 Å². The van der Waals surface area contributed by atoms with Gasteiger partial charge in [0.25, 0.3) is 0 Å². The first-order chi connectivity index (χ1) is 13.6. The Balaban J connectivity index is 0.00000300. The van der Waals surface area contributed by atoms with Crippen LogP contribution in [-0.2, 0) is 13.0 Å². The predicted molar refractivity (Wildman–Crippen MR) is 126 cm³/mol. The zero-order valence-electron chi connectivity index (χ0n) is 16.6. The van der Waals surface area contributed by atoms with Crippen molar-refractivity contribution in [2.75, 3.05) is 13.1 Å². The van der Waals surface area contributed by atoms with Gasteiger partial charge in [-0.15, -0.1) is 24.0 Å². The third-order valence-electron chi connectivity index (χ3n) is 4.62. The monoisotopic (exact) mass is 505 g/mol. The third-order valence-corrected chi connectivity index (χ3v) is 4.62. The lowest BCUT2D eigenvalue weighted by Gasteiger charge is -2.12. The molecular weight excluding hydrogens is 480 g/mol. The number of rotatable bonds is 6. The number of guanidine groups is 1. The normalized spacial score (nSPS) is 11.0.